The number of sulfone groups is 1. The summed E-state index contributed by atoms with van der Waals surface area (Å²) in [6, 6.07) is 7.48. The monoisotopic (exact) mass is 322 g/mol. The quantitative estimate of drug-likeness (QED) is 0.726. The minimum absolute atomic E-state index is 0.0411. The lowest BCUT2D eigenvalue weighted by Crippen LogP contribution is -2.42. The molecule has 3 N–H and O–H groups in total. The Morgan fingerprint density at radius 2 is 2.24 bits per heavy atom. The Hall–Kier alpha value is -1.93. The van der Waals surface area contributed by atoms with E-state index in [9.17, 15) is 8.42 Å². The molecule has 1 aromatic carbocycles. The van der Waals surface area contributed by atoms with Crippen LogP contribution in [0.25, 0.3) is 11.0 Å². The van der Waals surface area contributed by atoms with Gasteiger partial charge in [0, 0.05) is 5.41 Å². The van der Waals surface area contributed by atoms with E-state index in [4.69, 9.17) is 12.2 Å². The van der Waals surface area contributed by atoms with Crippen LogP contribution in [-0.2, 0) is 16.4 Å². The molecule has 1 aliphatic heterocycles. The first-order valence-electron chi connectivity index (χ1n) is 6.41. The first kappa shape index (κ1) is 14.0. The fraction of sp³-hybridized carbons (Fsp3) is 0.231. The van der Waals surface area contributed by atoms with Crippen molar-refractivity contribution in [2.75, 3.05) is 5.75 Å². The fourth-order valence-corrected chi connectivity index (χ4v) is 3.60. The molecule has 8 heteroatoms. The molecule has 1 atom stereocenters. The summed E-state index contributed by atoms with van der Waals surface area (Å²) < 4.78 is 22.6. The second-order valence-electron chi connectivity index (χ2n) is 4.79. The standard InChI is InChI=1S/C13H14N4O2S2/c18-21(19)6-5-9(8-21)15-13(20)14-7-12-16-10-3-1-2-4-11(10)17-12/h1-6,9H,7-8H2,(H,16,17)(H2,14,15,20)/t9-/m0/s1. The molecule has 0 fully saturated rings. The maximum atomic E-state index is 11.3. The van der Waals surface area contributed by atoms with E-state index in [0.29, 0.717) is 11.7 Å². The van der Waals surface area contributed by atoms with E-state index >= 15 is 0 Å². The summed E-state index contributed by atoms with van der Waals surface area (Å²) in [6.45, 7) is 0.448. The zero-order chi connectivity index (χ0) is 14.9. The predicted octanol–water partition coefficient (Wildman–Crippen LogP) is 0.838. The van der Waals surface area contributed by atoms with E-state index in [1.165, 1.54) is 5.41 Å². The van der Waals surface area contributed by atoms with Gasteiger partial charge in [0.05, 0.1) is 29.4 Å². The summed E-state index contributed by atoms with van der Waals surface area (Å²) in [4.78, 5) is 7.61. The molecule has 21 heavy (non-hydrogen) atoms. The van der Waals surface area contributed by atoms with Crippen molar-refractivity contribution in [1.82, 2.24) is 20.6 Å². The largest absolute Gasteiger partial charge is 0.355 e. The van der Waals surface area contributed by atoms with Crippen LogP contribution < -0.4 is 10.6 Å². The lowest BCUT2D eigenvalue weighted by Gasteiger charge is -2.13. The zero-order valence-corrected chi connectivity index (χ0v) is 12.7. The average molecular weight is 322 g/mol. The number of nitrogens with one attached hydrogen (secondary N) is 3. The zero-order valence-electron chi connectivity index (χ0n) is 11.0. The fourth-order valence-electron chi connectivity index (χ4n) is 2.14. The number of nitrogens with zero attached hydrogens (tertiary/aromatic N) is 1. The lowest BCUT2D eigenvalue weighted by atomic mass is 10.3. The van der Waals surface area contributed by atoms with Crippen LogP contribution in [0.5, 0.6) is 0 Å². The van der Waals surface area contributed by atoms with Gasteiger partial charge in [-0.15, -0.1) is 0 Å². The first-order chi connectivity index (χ1) is 10.0. The Morgan fingerprint density at radius 3 is 2.95 bits per heavy atom. The maximum Gasteiger partial charge on any atom is 0.173 e. The van der Waals surface area contributed by atoms with Gasteiger partial charge in [-0.05, 0) is 30.4 Å². The molecule has 1 aliphatic rings. The van der Waals surface area contributed by atoms with Crippen molar-refractivity contribution in [2.24, 2.45) is 0 Å². The van der Waals surface area contributed by atoms with Crippen LogP contribution in [0.1, 0.15) is 5.82 Å². The third-order valence-electron chi connectivity index (χ3n) is 3.10. The summed E-state index contributed by atoms with van der Waals surface area (Å²) in [5, 5.41) is 7.58. The number of aromatic amines is 1. The Morgan fingerprint density at radius 1 is 1.43 bits per heavy atom. The van der Waals surface area contributed by atoms with Gasteiger partial charge in [-0.1, -0.05) is 12.1 Å². The Labute approximate surface area is 127 Å². The number of hydrogen-bond donors (Lipinski definition) is 3. The molecule has 0 saturated heterocycles. The third kappa shape index (κ3) is 3.40. The molecule has 0 radical (unpaired) electrons. The van der Waals surface area contributed by atoms with Crippen molar-refractivity contribution in [3.63, 3.8) is 0 Å². The predicted molar refractivity (Wildman–Crippen MR) is 85.4 cm³/mol. The molecule has 2 heterocycles. The molecule has 0 saturated carbocycles. The van der Waals surface area contributed by atoms with Crippen LogP contribution in [0.15, 0.2) is 35.7 Å². The highest BCUT2D eigenvalue weighted by atomic mass is 32.2. The number of fused-ring (bicyclic) bond motifs is 1. The highest BCUT2D eigenvalue weighted by molar-refractivity contribution is 7.94. The summed E-state index contributed by atoms with van der Waals surface area (Å²) in [5.74, 6) is 0.814. The van der Waals surface area contributed by atoms with Gasteiger partial charge in [-0.3, -0.25) is 0 Å². The normalized spacial score (nSPS) is 19.7. The van der Waals surface area contributed by atoms with E-state index in [0.717, 1.165) is 16.9 Å². The molecule has 0 bridgehead atoms. The molecule has 2 aromatic rings. The van der Waals surface area contributed by atoms with E-state index in [1.807, 2.05) is 24.3 Å². The van der Waals surface area contributed by atoms with E-state index in [1.54, 1.807) is 6.08 Å². The Balaban J connectivity index is 1.55. The number of imidazole rings is 1. The van der Waals surface area contributed by atoms with Gasteiger partial charge in [0.25, 0.3) is 0 Å². The van der Waals surface area contributed by atoms with Crippen LogP contribution in [0.4, 0.5) is 0 Å². The van der Waals surface area contributed by atoms with Gasteiger partial charge in [0.2, 0.25) is 0 Å². The molecular formula is C13H14N4O2S2. The van der Waals surface area contributed by atoms with Crippen molar-refractivity contribution < 1.29 is 8.42 Å². The van der Waals surface area contributed by atoms with Crippen molar-refractivity contribution in [3.05, 3.63) is 41.6 Å². The summed E-state index contributed by atoms with van der Waals surface area (Å²) in [5.41, 5.74) is 1.87. The average Bonchev–Trinajstić information content (AvgIpc) is 2.99. The van der Waals surface area contributed by atoms with Crippen LogP contribution in [-0.4, -0.2) is 35.3 Å². The molecule has 110 valence electrons. The van der Waals surface area contributed by atoms with Crippen LogP contribution in [0.3, 0.4) is 0 Å². The highest BCUT2D eigenvalue weighted by Crippen LogP contribution is 2.10. The first-order valence-corrected chi connectivity index (χ1v) is 8.53. The molecule has 6 nitrogen and oxygen atoms in total. The summed E-state index contributed by atoms with van der Waals surface area (Å²) in [6.07, 6.45) is 1.60. The van der Waals surface area contributed by atoms with Gasteiger partial charge in [-0.2, -0.15) is 0 Å². The number of aromatic nitrogens is 2. The van der Waals surface area contributed by atoms with Gasteiger partial charge in [-0.25, -0.2) is 13.4 Å². The second-order valence-corrected chi connectivity index (χ2v) is 7.13. The van der Waals surface area contributed by atoms with Gasteiger partial charge >= 0.3 is 0 Å². The van der Waals surface area contributed by atoms with E-state index in [-0.39, 0.29) is 11.8 Å². The number of H-pyrrole nitrogens is 1. The second kappa shape index (κ2) is 5.45. The van der Waals surface area contributed by atoms with Crippen molar-refractivity contribution in [2.45, 2.75) is 12.6 Å². The van der Waals surface area contributed by atoms with Gasteiger partial charge < -0.3 is 15.6 Å². The molecule has 0 unspecified atom stereocenters. The molecule has 3 rings (SSSR count). The molecule has 0 aliphatic carbocycles. The van der Waals surface area contributed by atoms with E-state index in [2.05, 4.69) is 20.6 Å². The molecule has 1 aromatic heterocycles. The van der Waals surface area contributed by atoms with Crippen molar-refractivity contribution in [3.8, 4) is 0 Å². The SMILES string of the molecule is O=S1(=O)C=C[C@H](NC(=S)NCc2nc3ccccc3[nH]2)C1. The number of thiocarbonyl (C=S) groups is 1. The highest BCUT2D eigenvalue weighted by Gasteiger charge is 2.21. The third-order valence-corrected chi connectivity index (χ3v) is 4.76. The lowest BCUT2D eigenvalue weighted by molar-refractivity contribution is 0.602. The Kier molecular flexibility index (Phi) is 3.64. The van der Waals surface area contributed by atoms with Crippen LogP contribution in [0.2, 0.25) is 0 Å². The number of hydrogen-bond acceptors (Lipinski definition) is 4. The topological polar surface area (TPSA) is 86.9 Å². The number of benzene rings is 1. The number of para-hydroxylation sites is 2. The number of rotatable bonds is 3. The smallest absolute Gasteiger partial charge is 0.173 e. The maximum absolute atomic E-state index is 11.3. The van der Waals surface area contributed by atoms with Gasteiger partial charge in [0.15, 0.2) is 14.9 Å². The molecule has 0 spiro atoms. The summed E-state index contributed by atoms with van der Waals surface area (Å²) >= 11 is 5.15. The molecule has 0 amide bonds. The minimum atomic E-state index is -3.07. The summed E-state index contributed by atoms with van der Waals surface area (Å²) in [7, 11) is -3.07. The van der Waals surface area contributed by atoms with E-state index < -0.39 is 9.84 Å². The van der Waals surface area contributed by atoms with Crippen LogP contribution in [0, 0.1) is 0 Å². The van der Waals surface area contributed by atoms with Crippen molar-refractivity contribution >= 4 is 38.2 Å². The van der Waals surface area contributed by atoms with Gasteiger partial charge in [0.1, 0.15) is 5.82 Å². The minimum Gasteiger partial charge on any atom is -0.355 e. The van der Waals surface area contributed by atoms with Crippen molar-refractivity contribution in [1.29, 1.82) is 0 Å². The molecular weight excluding hydrogens is 308 g/mol. The Bertz CT molecular complexity index is 777. The van der Waals surface area contributed by atoms with Crippen LogP contribution >= 0.6 is 12.2 Å².